The van der Waals surface area contributed by atoms with Crippen molar-refractivity contribution in [3.05, 3.63) is 45.8 Å². The van der Waals surface area contributed by atoms with Crippen LogP contribution < -0.4 is 5.63 Å². The molecule has 2 nitrogen and oxygen atoms in total. The highest BCUT2D eigenvalue weighted by Gasteiger charge is 2.09. The first-order valence-corrected chi connectivity index (χ1v) is 6.10. The van der Waals surface area contributed by atoms with Crippen LogP contribution >= 0.6 is 11.8 Å². The molecule has 80 valence electrons. The molecular weight excluding hydrogens is 220 g/mol. The molecule has 1 aromatic heterocycles. The van der Waals surface area contributed by atoms with Gasteiger partial charge in [-0.25, -0.2) is 4.79 Å². The Balaban J connectivity index is 2.41. The van der Waals surface area contributed by atoms with Crippen molar-refractivity contribution >= 4 is 28.8 Å². The fourth-order valence-electron chi connectivity index (χ4n) is 1.93. The number of rotatable bonds is 0. The third-order valence-electron chi connectivity index (χ3n) is 2.71. The molecule has 0 radical (unpaired) electrons. The normalized spacial score (nSPS) is 14.1. The van der Waals surface area contributed by atoms with E-state index in [1.807, 2.05) is 24.8 Å². The Labute approximate surface area is 97.0 Å². The van der Waals surface area contributed by atoms with Gasteiger partial charge in [0.15, 0.2) is 0 Å². The second kappa shape index (κ2) is 3.52. The summed E-state index contributed by atoms with van der Waals surface area (Å²) in [5.41, 5.74) is 2.51. The number of hydrogen-bond donors (Lipinski definition) is 0. The van der Waals surface area contributed by atoms with Crippen molar-refractivity contribution < 1.29 is 4.42 Å². The molecule has 0 N–H and O–H groups in total. The summed E-state index contributed by atoms with van der Waals surface area (Å²) in [5.74, 6) is 1.01. The van der Waals surface area contributed by atoms with Crippen LogP contribution in [0.3, 0.4) is 0 Å². The van der Waals surface area contributed by atoms with E-state index in [9.17, 15) is 4.79 Å². The summed E-state index contributed by atoms with van der Waals surface area (Å²) in [7, 11) is 0. The maximum absolute atomic E-state index is 11.3. The Morgan fingerprint density at radius 2 is 2.19 bits per heavy atom. The smallest absolute Gasteiger partial charge is 0.336 e. The molecule has 1 aliphatic heterocycles. The average Bonchev–Trinajstić information content (AvgIpc) is 2.27. The SMILES string of the molecule is Cc1cc(=O)oc2cc3c(cc12)SCC=C3. The predicted octanol–water partition coefficient (Wildman–Crippen LogP) is 3.22. The number of benzene rings is 1. The Bertz CT molecular complexity index is 653. The predicted molar refractivity (Wildman–Crippen MR) is 67.0 cm³/mol. The van der Waals surface area contributed by atoms with Crippen LogP contribution in [0.25, 0.3) is 17.0 Å². The summed E-state index contributed by atoms with van der Waals surface area (Å²) < 4.78 is 5.21. The molecule has 0 atom stereocenters. The fraction of sp³-hybridized carbons (Fsp3) is 0.154. The highest BCUT2D eigenvalue weighted by Crippen LogP contribution is 2.32. The molecule has 0 aliphatic carbocycles. The Morgan fingerprint density at radius 1 is 1.31 bits per heavy atom. The first-order chi connectivity index (χ1) is 7.74. The lowest BCUT2D eigenvalue weighted by Crippen LogP contribution is -1.99. The minimum Gasteiger partial charge on any atom is -0.423 e. The highest BCUT2D eigenvalue weighted by molar-refractivity contribution is 7.99. The number of thioether (sulfide) groups is 1. The lowest BCUT2D eigenvalue weighted by Gasteiger charge is -2.11. The van der Waals surface area contributed by atoms with Gasteiger partial charge in [0.25, 0.3) is 0 Å². The van der Waals surface area contributed by atoms with Gasteiger partial charge in [-0.1, -0.05) is 12.2 Å². The monoisotopic (exact) mass is 230 g/mol. The van der Waals surface area contributed by atoms with Gasteiger partial charge in [-0.2, -0.15) is 0 Å². The van der Waals surface area contributed by atoms with E-state index in [1.165, 1.54) is 11.0 Å². The number of aryl methyl sites for hydroxylation is 1. The van der Waals surface area contributed by atoms with Crippen molar-refractivity contribution in [2.24, 2.45) is 0 Å². The molecule has 0 unspecified atom stereocenters. The average molecular weight is 230 g/mol. The Kier molecular flexibility index (Phi) is 2.14. The van der Waals surface area contributed by atoms with Crippen molar-refractivity contribution in [1.29, 1.82) is 0 Å². The van der Waals surface area contributed by atoms with Crippen LogP contribution in [0, 0.1) is 6.92 Å². The lowest BCUT2D eigenvalue weighted by atomic mass is 10.1. The molecule has 3 heteroatoms. The quantitative estimate of drug-likeness (QED) is 0.651. The van der Waals surface area contributed by atoms with Gasteiger partial charge < -0.3 is 4.42 Å². The maximum atomic E-state index is 11.3. The standard InChI is InChI=1S/C13H10O2S/c1-8-5-13(14)15-11-6-9-3-2-4-16-12(9)7-10(8)11/h2-3,5-7H,4H2,1H3. The van der Waals surface area contributed by atoms with Gasteiger partial charge in [-0.15, -0.1) is 11.8 Å². The molecule has 0 amide bonds. The molecule has 1 aromatic carbocycles. The van der Waals surface area contributed by atoms with E-state index in [0.717, 1.165) is 22.3 Å². The van der Waals surface area contributed by atoms with E-state index < -0.39 is 0 Å². The van der Waals surface area contributed by atoms with Gasteiger partial charge in [-0.3, -0.25) is 0 Å². The molecule has 2 aromatic rings. The molecule has 0 fully saturated rings. The summed E-state index contributed by atoms with van der Waals surface area (Å²) in [5, 5.41) is 1.03. The van der Waals surface area contributed by atoms with Crippen LogP contribution in [0.5, 0.6) is 0 Å². The molecule has 0 spiro atoms. The van der Waals surface area contributed by atoms with Crippen molar-refractivity contribution in [2.75, 3.05) is 5.75 Å². The first kappa shape index (κ1) is 9.73. The maximum Gasteiger partial charge on any atom is 0.336 e. The van der Waals surface area contributed by atoms with E-state index in [-0.39, 0.29) is 5.63 Å². The summed E-state index contributed by atoms with van der Waals surface area (Å²) >= 11 is 1.81. The van der Waals surface area contributed by atoms with Crippen LogP contribution in [0.2, 0.25) is 0 Å². The summed E-state index contributed by atoms with van der Waals surface area (Å²) in [6, 6.07) is 5.59. The van der Waals surface area contributed by atoms with E-state index in [4.69, 9.17) is 4.42 Å². The molecule has 3 rings (SSSR count). The van der Waals surface area contributed by atoms with E-state index in [1.54, 1.807) is 0 Å². The summed E-state index contributed by atoms with van der Waals surface area (Å²) in [6.45, 7) is 1.94. The number of fused-ring (bicyclic) bond motifs is 2. The molecule has 0 bridgehead atoms. The number of hydrogen-bond acceptors (Lipinski definition) is 3. The van der Waals surface area contributed by atoms with Crippen LogP contribution in [-0.2, 0) is 0 Å². The minimum atomic E-state index is -0.280. The zero-order valence-electron chi connectivity index (χ0n) is 8.82. The van der Waals surface area contributed by atoms with Crippen molar-refractivity contribution in [1.82, 2.24) is 0 Å². The van der Waals surface area contributed by atoms with Gasteiger partial charge in [0, 0.05) is 22.1 Å². The van der Waals surface area contributed by atoms with Crippen LogP contribution in [0.4, 0.5) is 0 Å². The fourth-order valence-corrected chi connectivity index (χ4v) is 2.80. The zero-order valence-corrected chi connectivity index (χ0v) is 9.64. The Morgan fingerprint density at radius 3 is 3.06 bits per heavy atom. The molecule has 0 saturated heterocycles. The molecule has 1 aliphatic rings. The zero-order chi connectivity index (χ0) is 11.1. The lowest BCUT2D eigenvalue weighted by molar-refractivity contribution is 0.559. The summed E-state index contributed by atoms with van der Waals surface area (Å²) in [4.78, 5) is 12.5. The topological polar surface area (TPSA) is 30.2 Å². The van der Waals surface area contributed by atoms with Crippen molar-refractivity contribution in [3.8, 4) is 0 Å². The van der Waals surface area contributed by atoms with Crippen LogP contribution in [0.15, 0.2) is 38.4 Å². The van der Waals surface area contributed by atoms with E-state index >= 15 is 0 Å². The summed E-state index contributed by atoms with van der Waals surface area (Å²) in [6.07, 6.45) is 4.19. The highest BCUT2D eigenvalue weighted by atomic mass is 32.2. The van der Waals surface area contributed by atoms with Gasteiger partial charge in [0.2, 0.25) is 0 Å². The van der Waals surface area contributed by atoms with E-state index in [0.29, 0.717) is 5.58 Å². The molecule has 0 saturated carbocycles. The largest absolute Gasteiger partial charge is 0.423 e. The van der Waals surface area contributed by atoms with Crippen LogP contribution in [-0.4, -0.2) is 5.75 Å². The molecule has 16 heavy (non-hydrogen) atoms. The van der Waals surface area contributed by atoms with Gasteiger partial charge >= 0.3 is 5.63 Å². The van der Waals surface area contributed by atoms with Gasteiger partial charge in [0.1, 0.15) is 5.58 Å². The Hall–Kier alpha value is -1.48. The minimum absolute atomic E-state index is 0.280. The second-order valence-corrected chi connectivity index (χ2v) is 4.91. The van der Waals surface area contributed by atoms with Crippen molar-refractivity contribution in [2.45, 2.75) is 11.8 Å². The molecule has 2 heterocycles. The van der Waals surface area contributed by atoms with Crippen LogP contribution in [0.1, 0.15) is 11.1 Å². The second-order valence-electron chi connectivity index (χ2n) is 3.85. The molecular formula is C13H10O2S. The van der Waals surface area contributed by atoms with Crippen molar-refractivity contribution in [3.63, 3.8) is 0 Å². The van der Waals surface area contributed by atoms with Gasteiger partial charge in [-0.05, 0) is 30.2 Å². The van der Waals surface area contributed by atoms with Gasteiger partial charge in [0.05, 0.1) is 0 Å². The third kappa shape index (κ3) is 1.48. The van der Waals surface area contributed by atoms with E-state index in [2.05, 4.69) is 18.2 Å². The third-order valence-corrected chi connectivity index (χ3v) is 3.74. The first-order valence-electron chi connectivity index (χ1n) is 5.12.